The summed E-state index contributed by atoms with van der Waals surface area (Å²) in [4.78, 5) is 17.1. The summed E-state index contributed by atoms with van der Waals surface area (Å²) in [5, 5.41) is 1.38. The first-order valence-electron chi connectivity index (χ1n) is 7.00. The van der Waals surface area contributed by atoms with Gasteiger partial charge in [-0.25, -0.2) is 4.79 Å². The molecule has 1 aromatic heterocycles. The fourth-order valence-corrected chi connectivity index (χ4v) is 2.50. The molecule has 0 fully saturated rings. The molecule has 3 rings (SSSR count). The Kier molecular flexibility index (Phi) is 4.02. The molecular formula is C17H15ClN2O2. The van der Waals surface area contributed by atoms with E-state index in [1.807, 2.05) is 43.3 Å². The number of amides is 1. The number of hydrogen-bond acceptors (Lipinski definition) is 2. The van der Waals surface area contributed by atoms with Crippen molar-refractivity contribution in [3.63, 3.8) is 0 Å². The third kappa shape index (κ3) is 2.78. The predicted octanol–water partition coefficient (Wildman–Crippen LogP) is 4.85. The van der Waals surface area contributed by atoms with Gasteiger partial charge in [0.1, 0.15) is 0 Å². The normalized spacial score (nSPS) is 10.6. The number of aromatic amines is 1. The molecule has 0 radical (unpaired) electrons. The number of anilines is 1. The standard InChI is InChI=1S/C17H15ClN2O2/c1-2-20(13-6-4-3-5-7-13)17(21)22-16-11-19-15-9-8-12(18)10-14(15)16/h3-11,19H,2H2,1H3. The van der Waals surface area contributed by atoms with Crippen molar-refractivity contribution in [3.05, 3.63) is 59.8 Å². The third-order valence-electron chi connectivity index (χ3n) is 3.41. The summed E-state index contributed by atoms with van der Waals surface area (Å²) in [6, 6.07) is 14.8. The highest BCUT2D eigenvalue weighted by Crippen LogP contribution is 2.29. The molecule has 22 heavy (non-hydrogen) atoms. The van der Waals surface area contributed by atoms with Crippen molar-refractivity contribution < 1.29 is 9.53 Å². The molecule has 2 aromatic carbocycles. The van der Waals surface area contributed by atoms with E-state index in [2.05, 4.69) is 4.98 Å². The lowest BCUT2D eigenvalue weighted by molar-refractivity contribution is 0.208. The Hall–Kier alpha value is -2.46. The number of rotatable bonds is 3. The second-order valence-corrected chi connectivity index (χ2v) is 5.23. The molecule has 3 aromatic rings. The van der Waals surface area contributed by atoms with Gasteiger partial charge in [0.15, 0.2) is 5.75 Å². The van der Waals surface area contributed by atoms with Gasteiger partial charge in [-0.3, -0.25) is 4.90 Å². The predicted molar refractivity (Wildman–Crippen MR) is 88.8 cm³/mol. The Morgan fingerprint density at radius 3 is 2.73 bits per heavy atom. The number of nitrogens with zero attached hydrogens (tertiary/aromatic N) is 1. The van der Waals surface area contributed by atoms with Crippen molar-refractivity contribution in [3.8, 4) is 5.75 Å². The molecule has 0 atom stereocenters. The van der Waals surface area contributed by atoms with Gasteiger partial charge in [0.25, 0.3) is 0 Å². The number of hydrogen-bond donors (Lipinski definition) is 1. The third-order valence-corrected chi connectivity index (χ3v) is 3.64. The second-order valence-electron chi connectivity index (χ2n) is 4.79. The molecule has 5 heteroatoms. The molecule has 0 bridgehead atoms. The van der Waals surface area contributed by atoms with Crippen molar-refractivity contribution >= 4 is 34.3 Å². The smallest absolute Gasteiger partial charge is 0.408 e. The fourth-order valence-electron chi connectivity index (χ4n) is 2.33. The summed E-state index contributed by atoms with van der Waals surface area (Å²) in [6.45, 7) is 2.42. The number of nitrogens with one attached hydrogen (secondary N) is 1. The largest absolute Gasteiger partial charge is 0.419 e. The Bertz CT molecular complexity index is 799. The monoisotopic (exact) mass is 314 g/mol. The first-order valence-corrected chi connectivity index (χ1v) is 7.38. The summed E-state index contributed by atoms with van der Waals surface area (Å²) in [5.41, 5.74) is 1.67. The van der Waals surface area contributed by atoms with Gasteiger partial charge in [-0.2, -0.15) is 0 Å². The molecule has 0 aliphatic heterocycles. The number of carbonyl (C=O) groups excluding carboxylic acids is 1. The van der Waals surface area contributed by atoms with E-state index in [-0.39, 0.29) is 0 Å². The summed E-state index contributed by atoms with van der Waals surface area (Å²) < 4.78 is 5.53. The highest BCUT2D eigenvalue weighted by atomic mass is 35.5. The van der Waals surface area contributed by atoms with Gasteiger partial charge < -0.3 is 9.72 Å². The van der Waals surface area contributed by atoms with Crippen LogP contribution in [0.1, 0.15) is 6.92 Å². The van der Waals surface area contributed by atoms with E-state index in [0.29, 0.717) is 17.3 Å². The maximum atomic E-state index is 12.4. The molecule has 0 spiro atoms. The van der Waals surface area contributed by atoms with Crippen LogP contribution in [0.5, 0.6) is 5.75 Å². The Balaban J connectivity index is 1.87. The van der Waals surface area contributed by atoms with E-state index in [0.717, 1.165) is 16.6 Å². The van der Waals surface area contributed by atoms with Crippen LogP contribution in [0, 0.1) is 0 Å². The summed E-state index contributed by atoms with van der Waals surface area (Å²) in [5.74, 6) is 0.469. The molecule has 1 amide bonds. The molecule has 0 aliphatic rings. The lowest BCUT2D eigenvalue weighted by atomic mass is 10.2. The van der Waals surface area contributed by atoms with Crippen molar-refractivity contribution in [2.75, 3.05) is 11.4 Å². The first-order chi connectivity index (χ1) is 10.7. The van der Waals surface area contributed by atoms with Crippen LogP contribution in [0.15, 0.2) is 54.7 Å². The van der Waals surface area contributed by atoms with E-state index in [4.69, 9.17) is 16.3 Å². The van der Waals surface area contributed by atoms with Crippen LogP contribution in [0.4, 0.5) is 10.5 Å². The zero-order valence-corrected chi connectivity index (χ0v) is 12.8. The molecule has 1 heterocycles. The topological polar surface area (TPSA) is 45.3 Å². The first kappa shape index (κ1) is 14.5. The Morgan fingerprint density at radius 2 is 2.00 bits per heavy atom. The maximum absolute atomic E-state index is 12.4. The van der Waals surface area contributed by atoms with Gasteiger partial charge in [-0.1, -0.05) is 29.8 Å². The number of ether oxygens (including phenoxy) is 1. The summed E-state index contributed by atoms with van der Waals surface area (Å²) in [7, 11) is 0. The summed E-state index contributed by atoms with van der Waals surface area (Å²) >= 11 is 6.01. The van der Waals surface area contributed by atoms with Gasteiger partial charge in [-0.05, 0) is 37.3 Å². The number of carbonyl (C=O) groups is 1. The number of aromatic nitrogens is 1. The van der Waals surface area contributed by atoms with Crippen LogP contribution >= 0.6 is 11.6 Å². The van der Waals surface area contributed by atoms with E-state index >= 15 is 0 Å². The van der Waals surface area contributed by atoms with Crippen molar-refractivity contribution in [1.29, 1.82) is 0 Å². The SMILES string of the molecule is CCN(C(=O)Oc1c[nH]c2ccc(Cl)cc12)c1ccccc1. The average Bonchev–Trinajstić information content (AvgIpc) is 2.91. The molecule has 0 saturated heterocycles. The Labute approximate surface area is 133 Å². The van der Waals surface area contributed by atoms with Crippen molar-refractivity contribution in [2.45, 2.75) is 6.92 Å². The van der Waals surface area contributed by atoms with E-state index in [9.17, 15) is 4.79 Å². The maximum Gasteiger partial charge on any atom is 0.419 e. The molecule has 1 N–H and O–H groups in total. The van der Waals surface area contributed by atoms with Crippen LogP contribution in [-0.2, 0) is 0 Å². The van der Waals surface area contributed by atoms with Gasteiger partial charge in [0.05, 0.1) is 0 Å². The van der Waals surface area contributed by atoms with Crippen LogP contribution in [0.3, 0.4) is 0 Å². The lowest BCUT2D eigenvalue weighted by Crippen LogP contribution is -2.33. The molecule has 0 saturated carbocycles. The van der Waals surface area contributed by atoms with Crippen LogP contribution in [-0.4, -0.2) is 17.6 Å². The highest BCUT2D eigenvalue weighted by molar-refractivity contribution is 6.31. The molecule has 112 valence electrons. The lowest BCUT2D eigenvalue weighted by Gasteiger charge is -2.19. The van der Waals surface area contributed by atoms with E-state index in [1.54, 1.807) is 23.2 Å². The quantitative estimate of drug-likeness (QED) is 0.751. The van der Waals surface area contributed by atoms with Gasteiger partial charge >= 0.3 is 6.09 Å². The van der Waals surface area contributed by atoms with Crippen molar-refractivity contribution in [1.82, 2.24) is 4.98 Å². The molecular weight excluding hydrogens is 300 g/mol. The second kappa shape index (κ2) is 6.12. The minimum absolute atomic E-state index is 0.422. The van der Waals surface area contributed by atoms with Crippen molar-refractivity contribution in [2.24, 2.45) is 0 Å². The van der Waals surface area contributed by atoms with E-state index < -0.39 is 6.09 Å². The van der Waals surface area contributed by atoms with Crippen LogP contribution in [0.2, 0.25) is 5.02 Å². The number of fused-ring (bicyclic) bond motifs is 1. The fraction of sp³-hybridized carbons (Fsp3) is 0.118. The van der Waals surface area contributed by atoms with Gasteiger partial charge in [0.2, 0.25) is 0 Å². The zero-order valence-electron chi connectivity index (χ0n) is 12.0. The van der Waals surface area contributed by atoms with Gasteiger partial charge in [0, 0.05) is 34.4 Å². The molecule has 0 aliphatic carbocycles. The number of H-pyrrole nitrogens is 1. The average molecular weight is 315 g/mol. The Morgan fingerprint density at radius 1 is 1.23 bits per heavy atom. The highest BCUT2D eigenvalue weighted by Gasteiger charge is 2.17. The number of halogens is 1. The minimum atomic E-state index is -0.422. The molecule has 4 nitrogen and oxygen atoms in total. The minimum Gasteiger partial charge on any atom is -0.408 e. The molecule has 0 unspecified atom stereocenters. The van der Waals surface area contributed by atoms with Crippen LogP contribution in [0.25, 0.3) is 10.9 Å². The zero-order chi connectivity index (χ0) is 15.5. The van der Waals surface area contributed by atoms with Gasteiger partial charge in [-0.15, -0.1) is 0 Å². The summed E-state index contributed by atoms with van der Waals surface area (Å²) in [6.07, 6.45) is 1.24. The van der Waals surface area contributed by atoms with Crippen LogP contribution < -0.4 is 9.64 Å². The number of benzene rings is 2. The number of para-hydroxylation sites is 1. The van der Waals surface area contributed by atoms with E-state index in [1.165, 1.54) is 0 Å².